The van der Waals surface area contributed by atoms with Gasteiger partial charge < -0.3 is 9.72 Å². The summed E-state index contributed by atoms with van der Waals surface area (Å²) in [5, 5.41) is 0.153. The van der Waals surface area contributed by atoms with E-state index in [1.165, 1.54) is 10.5 Å². The van der Waals surface area contributed by atoms with Crippen LogP contribution < -0.4 is 0 Å². The molecule has 110 valence electrons. The van der Waals surface area contributed by atoms with Crippen molar-refractivity contribution in [3.05, 3.63) is 12.0 Å². The highest BCUT2D eigenvalue weighted by Crippen LogP contribution is 2.18. The van der Waals surface area contributed by atoms with Gasteiger partial charge in [-0.15, -0.1) is 0 Å². The Morgan fingerprint density at radius 2 is 2.16 bits per heavy atom. The van der Waals surface area contributed by atoms with Gasteiger partial charge in [0.15, 0.2) is 5.03 Å². The third kappa shape index (κ3) is 3.77. The largest absolute Gasteiger partial charge is 0.383 e. The first kappa shape index (κ1) is 16.1. The molecule has 0 saturated carbocycles. The lowest BCUT2D eigenvalue weighted by molar-refractivity contribution is 0.167. The van der Waals surface area contributed by atoms with Crippen molar-refractivity contribution in [3.63, 3.8) is 0 Å². The van der Waals surface area contributed by atoms with E-state index in [1.54, 1.807) is 7.11 Å². The molecule has 0 radical (unpaired) electrons. The molecule has 1 atom stereocenters. The Bertz CT molecular complexity index is 484. The number of sulfonamides is 1. The minimum Gasteiger partial charge on any atom is -0.383 e. The number of aromatic amines is 1. The van der Waals surface area contributed by atoms with Crippen LogP contribution in [0.4, 0.5) is 0 Å². The van der Waals surface area contributed by atoms with Crippen molar-refractivity contribution in [2.45, 2.75) is 44.7 Å². The number of hydrogen-bond acceptors (Lipinski definition) is 4. The van der Waals surface area contributed by atoms with Crippen LogP contribution in [0.2, 0.25) is 0 Å². The van der Waals surface area contributed by atoms with Crippen LogP contribution >= 0.6 is 0 Å². The summed E-state index contributed by atoms with van der Waals surface area (Å²) >= 11 is 0. The van der Waals surface area contributed by atoms with Crippen LogP contribution in [-0.4, -0.2) is 49.0 Å². The van der Waals surface area contributed by atoms with Crippen molar-refractivity contribution < 1.29 is 13.2 Å². The van der Waals surface area contributed by atoms with Gasteiger partial charge in [0, 0.05) is 26.1 Å². The number of hydrogen-bond donors (Lipinski definition) is 1. The molecule has 1 N–H and O–H groups in total. The molecule has 19 heavy (non-hydrogen) atoms. The first-order valence-corrected chi connectivity index (χ1v) is 7.96. The van der Waals surface area contributed by atoms with Crippen molar-refractivity contribution in [2.75, 3.05) is 20.3 Å². The first-order valence-electron chi connectivity index (χ1n) is 6.52. The molecule has 6 nitrogen and oxygen atoms in total. The van der Waals surface area contributed by atoms with E-state index in [4.69, 9.17) is 4.74 Å². The minimum absolute atomic E-state index is 0.0754. The Balaban J connectivity index is 3.04. The third-order valence-corrected chi connectivity index (χ3v) is 5.05. The Labute approximate surface area is 115 Å². The van der Waals surface area contributed by atoms with Crippen LogP contribution in [0, 0.1) is 0 Å². The number of nitrogens with one attached hydrogen (secondary N) is 1. The van der Waals surface area contributed by atoms with E-state index in [2.05, 4.69) is 9.97 Å². The number of imidazole rings is 1. The second-order valence-corrected chi connectivity index (χ2v) is 6.27. The number of aromatic nitrogens is 2. The Hall–Kier alpha value is -0.920. The van der Waals surface area contributed by atoms with Crippen LogP contribution in [0.3, 0.4) is 0 Å². The molecule has 0 spiro atoms. The summed E-state index contributed by atoms with van der Waals surface area (Å²) in [4.78, 5) is 6.91. The zero-order chi connectivity index (χ0) is 14.5. The lowest BCUT2D eigenvalue weighted by Gasteiger charge is -2.26. The molecule has 0 bridgehead atoms. The summed E-state index contributed by atoms with van der Waals surface area (Å²) in [6, 6.07) is -0.0754. The van der Waals surface area contributed by atoms with E-state index in [1.807, 2.05) is 20.8 Å². The highest BCUT2D eigenvalue weighted by molar-refractivity contribution is 7.89. The molecule has 0 amide bonds. The maximum atomic E-state index is 12.6. The van der Waals surface area contributed by atoms with E-state index >= 15 is 0 Å². The van der Waals surface area contributed by atoms with Gasteiger partial charge in [-0.2, -0.15) is 4.31 Å². The number of nitrogens with zero attached hydrogens (tertiary/aromatic N) is 2. The molecule has 7 heteroatoms. The highest BCUT2D eigenvalue weighted by Gasteiger charge is 2.29. The molecule has 0 aromatic carbocycles. The summed E-state index contributed by atoms with van der Waals surface area (Å²) in [5.41, 5.74) is 0. The SMILES string of the molecule is CCc1ncc(S(=O)(=O)N(CCOC)C(C)CC)[nH]1. The fourth-order valence-electron chi connectivity index (χ4n) is 1.74. The molecule has 1 unspecified atom stereocenters. The molecule has 1 heterocycles. The van der Waals surface area contributed by atoms with Crippen molar-refractivity contribution in [1.29, 1.82) is 0 Å². The average Bonchev–Trinajstić information content (AvgIpc) is 2.88. The number of aryl methyl sites for hydroxylation is 1. The van der Waals surface area contributed by atoms with E-state index in [-0.39, 0.29) is 11.1 Å². The minimum atomic E-state index is -3.54. The molecule has 0 saturated heterocycles. The second-order valence-electron chi connectivity index (χ2n) is 4.41. The van der Waals surface area contributed by atoms with E-state index < -0.39 is 10.0 Å². The maximum absolute atomic E-state index is 12.6. The van der Waals surface area contributed by atoms with Crippen LogP contribution in [0.5, 0.6) is 0 Å². The normalized spacial score (nSPS) is 13.9. The van der Waals surface area contributed by atoms with Gasteiger partial charge >= 0.3 is 0 Å². The topological polar surface area (TPSA) is 75.3 Å². The van der Waals surface area contributed by atoms with Crippen molar-refractivity contribution in [2.24, 2.45) is 0 Å². The standard InChI is InChI=1S/C12H23N3O3S/c1-5-10(3)15(7-8-18-4)19(16,17)12-9-13-11(6-2)14-12/h9-10H,5-8H2,1-4H3,(H,13,14). The Kier molecular flexibility index (Phi) is 5.96. The van der Waals surface area contributed by atoms with Gasteiger partial charge in [0.05, 0.1) is 12.8 Å². The van der Waals surface area contributed by atoms with Crippen LogP contribution in [0.15, 0.2) is 11.2 Å². The van der Waals surface area contributed by atoms with Gasteiger partial charge in [-0.1, -0.05) is 13.8 Å². The number of methoxy groups -OCH3 is 1. The second kappa shape index (κ2) is 7.02. The van der Waals surface area contributed by atoms with Gasteiger partial charge in [0.2, 0.25) is 0 Å². The number of rotatable bonds is 8. The van der Waals surface area contributed by atoms with Crippen molar-refractivity contribution in [1.82, 2.24) is 14.3 Å². The zero-order valence-electron chi connectivity index (χ0n) is 12.0. The quantitative estimate of drug-likeness (QED) is 0.785. The molecule has 0 aliphatic carbocycles. The summed E-state index contributed by atoms with van der Waals surface area (Å²) in [6.45, 7) is 6.49. The van der Waals surface area contributed by atoms with Gasteiger partial charge in [0.1, 0.15) is 5.82 Å². The van der Waals surface area contributed by atoms with E-state index in [9.17, 15) is 8.42 Å². The maximum Gasteiger partial charge on any atom is 0.260 e. The molecule has 1 aromatic heterocycles. The van der Waals surface area contributed by atoms with Crippen molar-refractivity contribution in [3.8, 4) is 0 Å². The number of H-pyrrole nitrogens is 1. The Morgan fingerprint density at radius 1 is 1.47 bits per heavy atom. The highest BCUT2D eigenvalue weighted by atomic mass is 32.2. The van der Waals surface area contributed by atoms with E-state index in [0.717, 1.165) is 6.42 Å². The predicted molar refractivity (Wildman–Crippen MR) is 73.5 cm³/mol. The van der Waals surface area contributed by atoms with Gasteiger partial charge in [0.25, 0.3) is 10.0 Å². The predicted octanol–water partition coefficient (Wildman–Crippen LogP) is 1.41. The molecule has 0 aliphatic rings. The third-order valence-electron chi connectivity index (χ3n) is 3.12. The summed E-state index contributed by atoms with van der Waals surface area (Å²) < 4.78 is 31.6. The summed E-state index contributed by atoms with van der Waals surface area (Å²) in [7, 11) is -1.98. The van der Waals surface area contributed by atoms with Gasteiger partial charge in [-0.25, -0.2) is 13.4 Å². The lowest BCUT2D eigenvalue weighted by atomic mass is 10.3. The summed E-state index contributed by atoms with van der Waals surface area (Å²) in [6.07, 6.45) is 2.81. The van der Waals surface area contributed by atoms with Crippen molar-refractivity contribution >= 4 is 10.0 Å². The molecule has 1 aromatic rings. The Morgan fingerprint density at radius 3 is 2.63 bits per heavy atom. The number of ether oxygens (including phenoxy) is 1. The van der Waals surface area contributed by atoms with E-state index in [0.29, 0.717) is 25.4 Å². The zero-order valence-corrected chi connectivity index (χ0v) is 12.8. The fraction of sp³-hybridized carbons (Fsp3) is 0.750. The van der Waals surface area contributed by atoms with Crippen LogP contribution in [0.25, 0.3) is 0 Å². The average molecular weight is 289 g/mol. The first-order chi connectivity index (χ1) is 8.97. The molecular weight excluding hydrogens is 266 g/mol. The smallest absolute Gasteiger partial charge is 0.260 e. The molecular formula is C12H23N3O3S. The monoisotopic (exact) mass is 289 g/mol. The molecule has 0 aliphatic heterocycles. The van der Waals surface area contributed by atoms with Gasteiger partial charge in [-0.3, -0.25) is 0 Å². The van der Waals surface area contributed by atoms with Crippen LogP contribution in [0.1, 0.15) is 33.0 Å². The van der Waals surface area contributed by atoms with Crippen LogP contribution in [-0.2, 0) is 21.2 Å². The summed E-state index contributed by atoms with van der Waals surface area (Å²) in [5.74, 6) is 0.675. The molecule has 1 rings (SSSR count). The lowest BCUT2D eigenvalue weighted by Crippen LogP contribution is -2.40. The van der Waals surface area contributed by atoms with Gasteiger partial charge in [-0.05, 0) is 13.3 Å². The molecule has 0 fully saturated rings. The fourth-order valence-corrected chi connectivity index (χ4v) is 3.37.